The van der Waals surface area contributed by atoms with Crippen LogP contribution in [-0.4, -0.2) is 61.3 Å². The third-order valence-electron chi connectivity index (χ3n) is 5.08. The van der Waals surface area contributed by atoms with E-state index in [-0.39, 0.29) is 49.9 Å². The van der Waals surface area contributed by atoms with Gasteiger partial charge in [0.2, 0.25) is 0 Å². The Morgan fingerprint density at radius 2 is 1.81 bits per heavy atom. The molecule has 0 atom stereocenters. The minimum atomic E-state index is -4.97. The van der Waals surface area contributed by atoms with E-state index in [2.05, 4.69) is 19.8 Å². The van der Waals surface area contributed by atoms with Crippen LogP contribution in [0.3, 0.4) is 0 Å². The van der Waals surface area contributed by atoms with Crippen LogP contribution in [0, 0.1) is 11.3 Å². The summed E-state index contributed by atoms with van der Waals surface area (Å²) >= 11 is 0. The summed E-state index contributed by atoms with van der Waals surface area (Å²) in [6.07, 6.45) is -4.97. The maximum Gasteiger partial charge on any atom is 0.434 e. The van der Waals surface area contributed by atoms with Crippen LogP contribution < -0.4 is 15.0 Å². The summed E-state index contributed by atoms with van der Waals surface area (Å²) in [5, 5.41) is 12.1. The lowest BCUT2D eigenvalue weighted by Gasteiger charge is -2.36. The van der Waals surface area contributed by atoms with Gasteiger partial charge in [-0.3, -0.25) is 0 Å². The molecule has 1 aliphatic rings. The summed E-state index contributed by atoms with van der Waals surface area (Å²) in [5.41, 5.74) is -2.24. The number of aromatic nitrogens is 1. The van der Waals surface area contributed by atoms with E-state index in [4.69, 9.17) is 0 Å². The molecule has 1 aliphatic heterocycles. The van der Waals surface area contributed by atoms with Gasteiger partial charge in [0.25, 0.3) is 0 Å². The molecule has 1 aromatic heterocycles. The molecular formula is C22H20F5N5O4. The molecule has 0 bridgehead atoms. The van der Waals surface area contributed by atoms with Crippen LogP contribution in [0.2, 0.25) is 0 Å². The summed E-state index contributed by atoms with van der Waals surface area (Å²) in [6.45, 7) is -1.40. The van der Waals surface area contributed by atoms with Crippen LogP contribution in [0.1, 0.15) is 28.5 Å². The number of amides is 2. The van der Waals surface area contributed by atoms with Gasteiger partial charge >= 0.3 is 24.8 Å². The van der Waals surface area contributed by atoms with E-state index < -0.39 is 36.0 Å². The quantitative estimate of drug-likeness (QED) is 0.458. The second kappa shape index (κ2) is 11.1. The van der Waals surface area contributed by atoms with Gasteiger partial charge in [0.1, 0.15) is 17.6 Å². The zero-order valence-corrected chi connectivity index (χ0v) is 18.8. The number of urea groups is 1. The fraction of sp³-hybridized carbons (Fsp3) is 0.364. The standard InChI is InChI=1S/C22H20F5N5O4/c1-2-35-19(33)16-11-13(12-28)18(30-17(16)22(25,26)27)31-7-9-32(10-8-31)21(34)29-14-3-5-15(6-4-14)36-20(23)24/h3-6,11,20H,2,7-10H2,1H3,(H,29,34). The van der Waals surface area contributed by atoms with Crippen molar-refractivity contribution in [3.63, 3.8) is 0 Å². The third kappa shape index (κ3) is 6.29. The molecular weight excluding hydrogens is 493 g/mol. The average Bonchev–Trinajstić information content (AvgIpc) is 2.83. The van der Waals surface area contributed by atoms with Gasteiger partial charge in [0.15, 0.2) is 5.69 Å². The largest absolute Gasteiger partial charge is 0.462 e. The van der Waals surface area contributed by atoms with Gasteiger partial charge in [-0.1, -0.05) is 0 Å². The van der Waals surface area contributed by atoms with E-state index >= 15 is 0 Å². The van der Waals surface area contributed by atoms with Crippen LogP contribution >= 0.6 is 0 Å². The number of nitrogens with zero attached hydrogens (tertiary/aromatic N) is 4. The molecule has 9 nitrogen and oxygen atoms in total. The van der Waals surface area contributed by atoms with Crippen LogP contribution in [0.25, 0.3) is 0 Å². The number of piperazine rings is 1. The van der Waals surface area contributed by atoms with Crippen molar-refractivity contribution in [2.24, 2.45) is 0 Å². The van der Waals surface area contributed by atoms with E-state index in [1.165, 1.54) is 41.0 Å². The lowest BCUT2D eigenvalue weighted by atomic mass is 10.1. The maximum absolute atomic E-state index is 13.6. The molecule has 0 unspecified atom stereocenters. The van der Waals surface area contributed by atoms with E-state index in [0.717, 1.165) is 6.07 Å². The molecule has 2 heterocycles. The summed E-state index contributed by atoms with van der Waals surface area (Å²) < 4.78 is 74.2. The van der Waals surface area contributed by atoms with Crippen LogP contribution in [0.15, 0.2) is 30.3 Å². The Labute approximate surface area is 202 Å². The second-order valence-corrected chi connectivity index (χ2v) is 7.39. The fourth-order valence-electron chi connectivity index (χ4n) is 3.45. The summed E-state index contributed by atoms with van der Waals surface area (Å²) in [4.78, 5) is 31.0. The maximum atomic E-state index is 13.6. The van der Waals surface area contributed by atoms with Crippen LogP contribution in [-0.2, 0) is 10.9 Å². The number of carbonyl (C=O) groups is 2. The van der Waals surface area contributed by atoms with Crippen molar-refractivity contribution >= 4 is 23.5 Å². The van der Waals surface area contributed by atoms with Crippen molar-refractivity contribution in [2.45, 2.75) is 19.7 Å². The SMILES string of the molecule is CCOC(=O)c1cc(C#N)c(N2CCN(C(=O)Nc3ccc(OC(F)F)cc3)CC2)nc1C(F)(F)F. The number of esters is 1. The van der Waals surface area contributed by atoms with Gasteiger partial charge in [-0.05, 0) is 37.3 Å². The Morgan fingerprint density at radius 1 is 1.17 bits per heavy atom. The van der Waals surface area contributed by atoms with Crippen molar-refractivity contribution in [3.05, 3.63) is 47.2 Å². The Hall–Kier alpha value is -4.15. The monoisotopic (exact) mass is 513 g/mol. The minimum absolute atomic E-state index is 0.0618. The van der Waals surface area contributed by atoms with Gasteiger partial charge < -0.3 is 24.6 Å². The number of rotatable bonds is 6. The molecule has 0 spiro atoms. The van der Waals surface area contributed by atoms with E-state index in [0.29, 0.717) is 5.69 Å². The van der Waals surface area contributed by atoms with Crippen molar-refractivity contribution < 1.29 is 41.0 Å². The van der Waals surface area contributed by atoms with Gasteiger partial charge in [0.05, 0.1) is 17.7 Å². The Bertz CT molecular complexity index is 1140. The summed E-state index contributed by atoms with van der Waals surface area (Å²) in [5.74, 6) is -1.58. The number of nitrogens with one attached hydrogen (secondary N) is 1. The predicted octanol–water partition coefficient (Wildman–Crippen LogP) is 4.10. The molecule has 1 fully saturated rings. The number of ether oxygens (including phenoxy) is 2. The van der Waals surface area contributed by atoms with Crippen LogP contribution in [0.4, 0.5) is 38.3 Å². The van der Waals surface area contributed by atoms with Gasteiger partial charge in [-0.25, -0.2) is 14.6 Å². The molecule has 36 heavy (non-hydrogen) atoms. The highest BCUT2D eigenvalue weighted by Crippen LogP contribution is 2.34. The molecule has 1 saturated heterocycles. The molecule has 2 amide bonds. The highest BCUT2D eigenvalue weighted by atomic mass is 19.4. The zero-order valence-electron chi connectivity index (χ0n) is 18.8. The van der Waals surface area contributed by atoms with Crippen molar-refractivity contribution in [1.82, 2.24) is 9.88 Å². The Balaban J connectivity index is 1.72. The number of benzene rings is 1. The number of halogens is 5. The first-order valence-electron chi connectivity index (χ1n) is 10.6. The van der Waals surface area contributed by atoms with Gasteiger partial charge in [-0.15, -0.1) is 0 Å². The predicted molar refractivity (Wildman–Crippen MR) is 116 cm³/mol. The molecule has 14 heteroatoms. The van der Waals surface area contributed by atoms with Gasteiger partial charge in [0, 0.05) is 31.9 Å². The molecule has 0 radical (unpaired) electrons. The van der Waals surface area contributed by atoms with E-state index in [1.807, 2.05) is 0 Å². The third-order valence-corrected chi connectivity index (χ3v) is 5.08. The number of alkyl halides is 5. The molecule has 1 N–H and O–H groups in total. The number of pyridine rings is 1. The number of hydrogen-bond acceptors (Lipinski definition) is 7. The molecule has 2 aromatic rings. The lowest BCUT2D eigenvalue weighted by Crippen LogP contribution is -2.50. The molecule has 0 saturated carbocycles. The van der Waals surface area contributed by atoms with Crippen molar-refractivity contribution in [3.8, 4) is 11.8 Å². The number of anilines is 2. The van der Waals surface area contributed by atoms with Crippen LogP contribution in [0.5, 0.6) is 5.75 Å². The first kappa shape index (κ1) is 26.5. The number of hydrogen-bond donors (Lipinski definition) is 1. The average molecular weight is 513 g/mol. The first-order chi connectivity index (χ1) is 17.0. The smallest absolute Gasteiger partial charge is 0.434 e. The van der Waals surface area contributed by atoms with Crippen molar-refractivity contribution in [1.29, 1.82) is 5.26 Å². The number of nitriles is 1. The highest BCUT2D eigenvalue weighted by Gasteiger charge is 2.40. The van der Waals surface area contributed by atoms with E-state index in [9.17, 15) is 36.8 Å². The van der Waals surface area contributed by atoms with Gasteiger partial charge in [-0.2, -0.15) is 27.2 Å². The highest BCUT2D eigenvalue weighted by molar-refractivity contribution is 5.92. The summed E-state index contributed by atoms with van der Waals surface area (Å²) in [7, 11) is 0. The second-order valence-electron chi connectivity index (χ2n) is 7.39. The van der Waals surface area contributed by atoms with E-state index in [1.54, 1.807) is 6.07 Å². The number of carbonyl (C=O) groups excluding carboxylic acids is 2. The lowest BCUT2D eigenvalue weighted by molar-refractivity contribution is -0.141. The summed E-state index contributed by atoms with van der Waals surface area (Å²) in [6, 6.07) is 7.32. The Kier molecular flexibility index (Phi) is 8.13. The molecule has 0 aliphatic carbocycles. The molecule has 192 valence electrons. The van der Waals surface area contributed by atoms with Crippen molar-refractivity contribution in [2.75, 3.05) is 43.0 Å². The molecule has 3 rings (SSSR count). The normalized spacial score (nSPS) is 13.8. The zero-order chi connectivity index (χ0) is 26.5. The topological polar surface area (TPSA) is 108 Å². The first-order valence-corrected chi connectivity index (χ1v) is 10.6. The minimum Gasteiger partial charge on any atom is -0.462 e. The molecule has 1 aromatic carbocycles. The Morgan fingerprint density at radius 3 is 2.33 bits per heavy atom. The fourth-order valence-corrected chi connectivity index (χ4v) is 3.45.